The lowest BCUT2D eigenvalue weighted by Crippen LogP contribution is -2.05. The van der Waals surface area contributed by atoms with Gasteiger partial charge >= 0.3 is 11.8 Å². The van der Waals surface area contributed by atoms with E-state index in [9.17, 15) is 14.9 Å². The first-order valence-electron chi connectivity index (χ1n) is 7.76. The minimum Gasteiger partial charge on any atom is -0.422 e. The first kappa shape index (κ1) is 17.1. The van der Waals surface area contributed by atoms with Crippen LogP contribution in [-0.2, 0) is 11.8 Å². The summed E-state index contributed by atoms with van der Waals surface area (Å²) in [5.74, 6) is -0.123. The van der Waals surface area contributed by atoms with Crippen LogP contribution in [0.1, 0.15) is 21.7 Å². The van der Waals surface area contributed by atoms with E-state index in [1.165, 1.54) is 17.7 Å². The van der Waals surface area contributed by atoms with Crippen molar-refractivity contribution in [2.24, 2.45) is 7.05 Å². The van der Waals surface area contributed by atoms with Gasteiger partial charge in [-0.1, -0.05) is 48.5 Å². The van der Waals surface area contributed by atoms with Crippen LogP contribution in [0.2, 0.25) is 0 Å². The number of aromatic nitrogens is 2. The lowest BCUT2D eigenvalue weighted by molar-refractivity contribution is -0.391. The second-order valence-electron chi connectivity index (χ2n) is 5.42. The number of hydrogen-bond acceptors (Lipinski definition) is 5. The third-order valence-corrected chi connectivity index (χ3v) is 3.72. The Kier molecular flexibility index (Phi) is 4.89. The molecule has 2 aromatic carbocycles. The van der Waals surface area contributed by atoms with Crippen LogP contribution in [0.5, 0.6) is 0 Å². The second kappa shape index (κ2) is 7.43. The van der Waals surface area contributed by atoms with E-state index in [4.69, 9.17) is 4.74 Å². The third-order valence-electron chi connectivity index (χ3n) is 3.72. The van der Waals surface area contributed by atoms with Crippen LogP contribution in [0.25, 0.3) is 11.8 Å². The molecular formula is C19H15N3O4. The molecule has 0 N–H and O–H groups in total. The van der Waals surface area contributed by atoms with Gasteiger partial charge < -0.3 is 14.9 Å². The van der Waals surface area contributed by atoms with Gasteiger partial charge in [-0.2, -0.15) is 0 Å². The number of ether oxygens (including phenoxy) is 1. The normalized spacial score (nSPS) is 11.2. The highest BCUT2D eigenvalue weighted by molar-refractivity contribution is 5.95. The molecule has 0 aliphatic rings. The first-order chi connectivity index (χ1) is 12.6. The molecule has 0 aliphatic heterocycles. The van der Waals surface area contributed by atoms with Crippen molar-refractivity contribution in [3.8, 4) is 0 Å². The molecule has 7 nitrogen and oxygen atoms in total. The predicted molar refractivity (Wildman–Crippen MR) is 96.0 cm³/mol. The van der Waals surface area contributed by atoms with Gasteiger partial charge in [0, 0.05) is 11.6 Å². The number of benzene rings is 2. The SMILES string of the molecule is Cn1c([N+](=O)[O-])cnc1C=C(OC(=O)c1ccccc1)c1ccccc1. The summed E-state index contributed by atoms with van der Waals surface area (Å²) < 4.78 is 6.87. The average molecular weight is 349 g/mol. The van der Waals surface area contributed by atoms with E-state index in [1.54, 1.807) is 54.6 Å². The fraction of sp³-hybridized carbons (Fsp3) is 0.0526. The summed E-state index contributed by atoms with van der Waals surface area (Å²) in [6, 6.07) is 17.6. The number of esters is 1. The number of carbonyl (C=O) groups excluding carboxylic acids is 1. The molecule has 3 aromatic rings. The van der Waals surface area contributed by atoms with Gasteiger partial charge in [-0.25, -0.2) is 14.3 Å². The lowest BCUT2D eigenvalue weighted by Gasteiger charge is -2.09. The molecule has 0 aliphatic carbocycles. The molecule has 26 heavy (non-hydrogen) atoms. The van der Waals surface area contributed by atoms with Crippen LogP contribution in [0, 0.1) is 10.1 Å². The Morgan fingerprint density at radius 1 is 1.08 bits per heavy atom. The van der Waals surface area contributed by atoms with Crippen molar-refractivity contribution in [2.75, 3.05) is 0 Å². The number of carbonyl (C=O) groups is 1. The van der Waals surface area contributed by atoms with Gasteiger partial charge in [-0.05, 0) is 17.1 Å². The lowest BCUT2D eigenvalue weighted by atomic mass is 10.1. The predicted octanol–water partition coefficient (Wildman–Crippen LogP) is 3.68. The Morgan fingerprint density at radius 2 is 1.65 bits per heavy atom. The van der Waals surface area contributed by atoms with Crippen molar-refractivity contribution in [2.45, 2.75) is 0 Å². The Labute approximate surface area is 149 Å². The highest BCUT2D eigenvalue weighted by Crippen LogP contribution is 2.22. The number of nitrogens with zero attached hydrogens (tertiary/aromatic N) is 3. The standard InChI is InChI=1S/C19H15N3O4/c1-21-17(20-13-18(21)22(24)25)12-16(14-8-4-2-5-9-14)26-19(23)15-10-6-3-7-11-15/h2-13H,1H3. The van der Waals surface area contributed by atoms with Crippen molar-refractivity contribution in [1.82, 2.24) is 9.55 Å². The smallest absolute Gasteiger partial charge is 0.343 e. The van der Waals surface area contributed by atoms with Crippen LogP contribution in [0.3, 0.4) is 0 Å². The fourth-order valence-corrected chi connectivity index (χ4v) is 2.34. The second-order valence-corrected chi connectivity index (χ2v) is 5.42. The maximum Gasteiger partial charge on any atom is 0.343 e. The summed E-state index contributed by atoms with van der Waals surface area (Å²) >= 11 is 0. The van der Waals surface area contributed by atoms with Crippen LogP contribution >= 0.6 is 0 Å². The Hall–Kier alpha value is -3.74. The fourth-order valence-electron chi connectivity index (χ4n) is 2.34. The highest BCUT2D eigenvalue weighted by atomic mass is 16.6. The molecule has 0 spiro atoms. The maximum atomic E-state index is 12.4. The van der Waals surface area contributed by atoms with Gasteiger partial charge in [0.15, 0.2) is 0 Å². The van der Waals surface area contributed by atoms with Gasteiger partial charge in [-0.15, -0.1) is 0 Å². The van der Waals surface area contributed by atoms with Crippen molar-refractivity contribution < 1.29 is 14.5 Å². The summed E-state index contributed by atoms with van der Waals surface area (Å²) in [6.45, 7) is 0. The van der Waals surface area contributed by atoms with Gasteiger partial charge in [-0.3, -0.25) is 0 Å². The molecule has 0 fully saturated rings. The molecule has 3 rings (SSSR count). The van der Waals surface area contributed by atoms with E-state index in [2.05, 4.69) is 4.98 Å². The molecule has 130 valence electrons. The molecule has 0 unspecified atom stereocenters. The van der Waals surface area contributed by atoms with E-state index < -0.39 is 10.9 Å². The zero-order valence-electron chi connectivity index (χ0n) is 13.9. The molecule has 0 saturated heterocycles. The summed E-state index contributed by atoms with van der Waals surface area (Å²) in [4.78, 5) is 26.9. The molecule has 0 radical (unpaired) electrons. The molecule has 1 heterocycles. The minimum absolute atomic E-state index is 0.155. The van der Waals surface area contributed by atoms with Gasteiger partial charge in [0.05, 0.1) is 12.6 Å². The van der Waals surface area contributed by atoms with Crippen LogP contribution < -0.4 is 0 Å². The van der Waals surface area contributed by atoms with Gasteiger partial charge in [0.1, 0.15) is 12.0 Å². The monoisotopic (exact) mass is 349 g/mol. The Bertz CT molecular complexity index is 963. The van der Waals surface area contributed by atoms with Crippen molar-refractivity contribution in [3.63, 3.8) is 0 Å². The van der Waals surface area contributed by atoms with Crippen LogP contribution in [-0.4, -0.2) is 20.4 Å². The first-order valence-corrected chi connectivity index (χ1v) is 7.76. The topological polar surface area (TPSA) is 87.3 Å². The number of imidazole rings is 1. The Morgan fingerprint density at radius 3 is 2.19 bits per heavy atom. The number of nitro groups is 1. The average Bonchev–Trinajstić information content (AvgIpc) is 3.03. The zero-order valence-corrected chi connectivity index (χ0v) is 13.9. The molecular weight excluding hydrogens is 334 g/mol. The molecule has 0 amide bonds. The largest absolute Gasteiger partial charge is 0.422 e. The highest BCUT2D eigenvalue weighted by Gasteiger charge is 2.18. The van der Waals surface area contributed by atoms with E-state index in [-0.39, 0.29) is 11.6 Å². The van der Waals surface area contributed by atoms with E-state index >= 15 is 0 Å². The molecule has 0 bridgehead atoms. The van der Waals surface area contributed by atoms with Gasteiger partial charge in [0.25, 0.3) is 0 Å². The van der Waals surface area contributed by atoms with E-state index in [0.29, 0.717) is 17.0 Å². The van der Waals surface area contributed by atoms with Crippen molar-refractivity contribution in [3.05, 3.63) is 93.9 Å². The van der Waals surface area contributed by atoms with Gasteiger partial charge in [0.2, 0.25) is 5.82 Å². The Balaban J connectivity index is 1.99. The minimum atomic E-state index is -0.525. The quantitative estimate of drug-likeness (QED) is 0.303. The molecule has 1 aromatic heterocycles. The molecule has 0 atom stereocenters. The molecule has 0 saturated carbocycles. The summed E-state index contributed by atoms with van der Waals surface area (Å²) in [7, 11) is 1.53. The van der Waals surface area contributed by atoms with Crippen LogP contribution in [0.15, 0.2) is 66.9 Å². The van der Waals surface area contributed by atoms with Crippen LogP contribution in [0.4, 0.5) is 5.82 Å². The van der Waals surface area contributed by atoms with E-state index in [1.807, 2.05) is 6.07 Å². The number of hydrogen-bond donors (Lipinski definition) is 0. The summed E-state index contributed by atoms with van der Waals surface area (Å²) in [5.41, 5.74) is 1.06. The van der Waals surface area contributed by atoms with E-state index in [0.717, 1.165) is 6.20 Å². The number of rotatable bonds is 5. The van der Waals surface area contributed by atoms with Crippen molar-refractivity contribution >= 4 is 23.6 Å². The summed E-state index contributed by atoms with van der Waals surface area (Å²) in [6.07, 6.45) is 2.66. The summed E-state index contributed by atoms with van der Waals surface area (Å²) in [5, 5.41) is 11.0. The zero-order chi connectivity index (χ0) is 18.5. The maximum absolute atomic E-state index is 12.4. The molecule has 7 heteroatoms. The third kappa shape index (κ3) is 3.67. The van der Waals surface area contributed by atoms with Crippen molar-refractivity contribution in [1.29, 1.82) is 0 Å².